The van der Waals surface area contributed by atoms with Crippen LogP contribution in [0.3, 0.4) is 0 Å². The lowest BCUT2D eigenvalue weighted by Gasteiger charge is -2.15. The number of carbonyl (C=O) groups excluding carboxylic acids is 1. The molecule has 0 aliphatic heterocycles. The summed E-state index contributed by atoms with van der Waals surface area (Å²) >= 11 is 0. The van der Waals surface area contributed by atoms with Gasteiger partial charge in [0.2, 0.25) is 0 Å². The van der Waals surface area contributed by atoms with Crippen LogP contribution in [0.15, 0.2) is 78.9 Å². The molecule has 1 unspecified atom stereocenters. The predicted molar refractivity (Wildman–Crippen MR) is 103 cm³/mol. The molecule has 27 heavy (non-hydrogen) atoms. The van der Waals surface area contributed by atoms with Crippen molar-refractivity contribution in [1.82, 2.24) is 0 Å². The van der Waals surface area contributed by atoms with Crippen LogP contribution in [0.2, 0.25) is 0 Å². The highest BCUT2D eigenvalue weighted by atomic mass is 16.5. The topological polar surface area (TPSA) is 71.3 Å². The minimum atomic E-state index is -0.698. The first kappa shape index (κ1) is 18.0. The molecular weight excluding hydrogens is 340 g/mol. The Bertz CT molecular complexity index is 947. The number of ether oxygens (including phenoxy) is 2. The average Bonchev–Trinajstić information content (AvgIpc) is 2.69. The number of nitrogens with zero attached hydrogens (tertiary/aromatic N) is 1. The van der Waals surface area contributed by atoms with Gasteiger partial charge in [-0.25, -0.2) is 0 Å². The maximum absolute atomic E-state index is 12.4. The first-order chi connectivity index (χ1) is 13.1. The first-order valence-electron chi connectivity index (χ1n) is 8.45. The average molecular weight is 358 g/mol. The second-order valence-electron chi connectivity index (χ2n) is 5.83. The normalized spacial score (nSPS) is 11.1. The third kappa shape index (κ3) is 5.10. The van der Waals surface area contributed by atoms with E-state index < -0.39 is 6.10 Å². The molecule has 134 valence electrons. The van der Waals surface area contributed by atoms with Crippen LogP contribution in [0.5, 0.6) is 17.2 Å². The van der Waals surface area contributed by atoms with Gasteiger partial charge in [0.25, 0.3) is 5.91 Å². The molecule has 3 rings (SSSR count). The lowest BCUT2D eigenvalue weighted by Crippen LogP contribution is -2.30. The van der Waals surface area contributed by atoms with Crippen LogP contribution in [-0.4, -0.2) is 12.0 Å². The third-order valence-electron chi connectivity index (χ3n) is 3.75. The van der Waals surface area contributed by atoms with Gasteiger partial charge >= 0.3 is 0 Å². The number of hydrogen-bond acceptors (Lipinski definition) is 4. The van der Waals surface area contributed by atoms with Crippen LogP contribution in [0.4, 0.5) is 5.69 Å². The third-order valence-corrected chi connectivity index (χ3v) is 3.75. The molecule has 0 saturated heterocycles. The van der Waals surface area contributed by atoms with E-state index in [1.165, 1.54) is 0 Å². The highest BCUT2D eigenvalue weighted by Crippen LogP contribution is 2.24. The molecule has 0 aliphatic carbocycles. The van der Waals surface area contributed by atoms with Gasteiger partial charge in [-0.1, -0.05) is 24.3 Å². The number of nitriles is 1. The quantitative estimate of drug-likeness (QED) is 0.690. The summed E-state index contributed by atoms with van der Waals surface area (Å²) in [7, 11) is 0. The van der Waals surface area contributed by atoms with E-state index in [9.17, 15) is 4.79 Å². The zero-order valence-corrected chi connectivity index (χ0v) is 14.8. The van der Waals surface area contributed by atoms with Crippen LogP contribution < -0.4 is 14.8 Å². The van der Waals surface area contributed by atoms with Crippen LogP contribution >= 0.6 is 0 Å². The molecule has 0 spiro atoms. The Kier molecular flexibility index (Phi) is 5.70. The van der Waals surface area contributed by atoms with Gasteiger partial charge in [-0.3, -0.25) is 4.79 Å². The molecule has 3 aromatic carbocycles. The Balaban J connectivity index is 1.61. The summed E-state index contributed by atoms with van der Waals surface area (Å²) in [5.41, 5.74) is 1.15. The summed E-state index contributed by atoms with van der Waals surface area (Å²) in [5, 5.41) is 11.6. The van der Waals surface area contributed by atoms with Gasteiger partial charge in [0, 0.05) is 11.8 Å². The van der Waals surface area contributed by atoms with Crippen molar-refractivity contribution < 1.29 is 14.3 Å². The van der Waals surface area contributed by atoms with Gasteiger partial charge in [-0.2, -0.15) is 5.26 Å². The largest absolute Gasteiger partial charge is 0.481 e. The molecular formula is C22H18N2O3. The molecule has 1 N–H and O–H groups in total. The molecule has 3 aromatic rings. The summed E-state index contributed by atoms with van der Waals surface area (Å²) < 4.78 is 11.4. The second-order valence-corrected chi connectivity index (χ2v) is 5.83. The Morgan fingerprint density at radius 2 is 1.63 bits per heavy atom. The Labute approximate surface area is 157 Å². The van der Waals surface area contributed by atoms with Crippen molar-refractivity contribution >= 4 is 11.6 Å². The minimum absolute atomic E-state index is 0.281. The molecule has 1 amide bonds. The van der Waals surface area contributed by atoms with Crippen molar-refractivity contribution in [3.05, 3.63) is 84.4 Å². The van der Waals surface area contributed by atoms with Crippen molar-refractivity contribution in [1.29, 1.82) is 5.26 Å². The molecule has 0 aliphatic rings. The van der Waals surface area contributed by atoms with Crippen molar-refractivity contribution in [2.24, 2.45) is 0 Å². The highest BCUT2D eigenvalue weighted by molar-refractivity contribution is 5.94. The fraction of sp³-hybridized carbons (Fsp3) is 0.0909. The van der Waals surface area contributed by atoms with E-state index >= 15 is 0 Å². The standard InChI is InChI=1S/C22H18N2O3/c1-16(26-20-12-10-17(15-23)11-13-20)22(25)24-18-6-5-9-21(14-18)27-19-7-3-2-4-8-19/h2-14,16H,1H3,(H,24,25). The van der Waals surface area contributed by atoms with Crippen molar-refractivity contribution in [3.63, 3.8) is 0 Å². The number of hydrogen-bond donors (Lipinski definition) is 1. The monoisotopic (exact) mass is 358 g/mol. The zero-order valence-electron chi connectivity index (χ0n) is 14.8. The van der Waals surface area contributed by atoms with Gasteiger partial charge < -0.3 is 14.8 Å². The fourth-order valence-corrected chi connectivity index (χ4v) is 2.37. The first-order valence-corrected chi connectivity index (χ1v) is 8.45. The summed E-state index contributed by atoms with van der Waals surface area (Å²) in [5.74, 6) is 1.59. The smallest absolute Gasteiger partial charge is 0.265 e. The predicted octanol–water partition coefficient (Wildman–Crippen LogP) is 4.76. The van der Waals surface area contributed by atoms with Crippen molar-refractivity contribution in [2.75, 3.05) is 5.32 Å². The molecule has 0 heterocycles. The van der Waals surface area contributed by atoms with E-state index in [-0.39, 0.29) is 5.91 Å². The van der Waals surface area contributed by atoms with E-state index in [2.05, 4.69) is 5.32 Å². The van der Waals surface area contributed by atoms with E-state index in [0.29, 0.717) is 22.7 Å². The van der Waals surface area contributed by atoms with Crippen molar-refractivity contribution in [2.45, 2.75) is 13.0 Å². The fourth-order valence-electron chi connectivity index (χ4n) is 2.37. The van der Waals surface area contributed by atoms with Gasteiger partial charge in [0.05, 0.1) is 11.6 Å². The van der Waals surface area contributed by atoms with E-state index in [1.807, 2.05) is 42.5 Å². The van der Waals surface area contributed by atoms with Gasteiger partial charge in [0.1, 0.15) is 17.2 Å². The lowest BCUT2D eigenvalue weighted by molar-refractivity contribution is -0.122. The van der Waals surface area contributed by atoms with Crippen LogP contribution in [-0.2, 0) is 4.79 Å². The highest BCUT2D eigenvalue weighted by Gasteiger charge is 2.15. The number of nitrogens with one attached hydrogen (secondary N) is 1. The molecule has 5 heteroatoms. The molecule has 0 aromatic heterocycles. The van der Waals surface area contributed by atoms with Crippen molar-refractivity contribution in [3.8, 4) is 23.3 Å². The number of carbonyl (C=O) groups is 1. The maximum Gasteiger partial charge on any atom is 0.265 e. The number of para-hydroxylation sites is 1. The zero-order chi connectivity index (χ0) is 19.1. The van der Waals surface area contributed by atoms with E-state index in [4.69, 9.17) is 14.7 Å². The molecule has 1 atom stereocenters. The molecule has 0 saturated carbocycles. The van der Waals surface area contributed by atoms with Gasteiger partial charge in [0.15, 0.2) is 6.10 Å². The molecule has 0 bridgehead atoms. The lowest BCUT2D eigenvalue weighted by atomic mass is 10.2. The summed E-state index contributed by atoms with van der Waals surface area (Å²) in [6.45, 7) is 1.66. The molecule has 5 nitrogen and oxygen atoms in total. The number of rotatable bonds is 6. The van der Waals surface area contributed by atoms with Gasteiger partial charge in [-0.05, 0) is 55.5 Å². The Morgan fingerprint density at radius 1 is 0.926 bits per heavy atom. The summed E-state index contributed by atoms with van der Waals surface area (Å²) in [4.78, 5) is 12.4. The summed E-state index contributed by atoms with van der Waals surface area (Å²) in [6.07, 6.45) is -0.698. The Hall–Kier alpha value is -3.78. The molecule has 0 radical (unpaired) electrons. The van der Waals surface area contributed by atoms with E-state index in [0.717, 1.165) is 5.75 Å². The SMILES string of the molecule is CC(Oc1ccc(C#N)cc1)C(=O)Nc1cccc(Oc2ccccc2)c1. The van der Waals surface area contributed by atoms with Crippen LogP contribution in [0, 0.1) is 11.3 Å². The van der Waals surface area contributed by atoms with Crippen LogP contribution in [0.25, 0.3) is 0 Å². The number of amides is 1. The minimum Gasteiger partial charge on any atom is -0.481 e. The van der Waals surface area contributed by atoms with E-state index in [1.54, 1.807) is 49.4 Å². The number of benzene rings is 3. The maximum atomic E-state index is 12.4. The second kappa shape index (κ2) is 8.54. The number of anilines is 1. The van der Waals surface area contributed by atoms with Gasteiger partial charge in [-0.15, -0.1) is 0 Å². The molecule has 0 fully saturated rings. The van der Waals surface area contributed by atoms with Crippen LogP contribution in [0.1, 0.15) is 12.5 Å². The summed E-state index contributed by atoms with van der Waals surface area (Å²) in [6, 6.07) is 25.2. The Morgan fingerprint density at radius 3 is 2.33 bits per heavy atom.